The van der Waals surface area contributed by atoms with E-state index in [0.29, 0.717) is 18.0 Å². The fourth-order valence-electron chi connectivity index (χ4n) is 2.08. The molecule has 2 aromatic rings. The van der Waals surface area contributed by atoms with Crippen molar-refractivity contribution in [3.63, 3.8) is 0 Å². The molecular weight excluding hydrogens is 386 g/mol. The maximum absolute atomic E-state index is 12.3. The molecule has 132 valence electrons. The molecule has 0 heterocycles. The molecule has 0 aliphatic rings. The van der Waals surface area contributed by atoms with E-state index in [2.05, 4.69) is 21.2 Å². The Morgan fingerprint density at radius 3 is 2.48 bits per heavy atom. The summed E-state index contributed by atoms with van der Waals surface area (Å²) in [4.78, 5) is 24.5. The van der Waals surface area contributed by atoms with E-state index < -0.39 is 5.91 Å². The SMILES string of the molecule is CN(Cc1ccccc1Br)C(=O)Nc1ccc(OCCC(N)=O)cc1. The Bertz CT molecular complexity index is 735. The van der Waals surface area contributed by atoms with Gasteiger partial charge in [-0.15, -0.1) is 0 Å². The quantitative estimate of drug-likeness (QED) is 0.740. The van der Waals surface area contributed by atoms with Gasteiger partial charge in [-0.25, -0.2) is 4.79 Å². The number of rotatable bonds is 7. The van der Waals surface area contributed by atoms with E-state index in [9.17, 15) is 9.59 Å². The first kappa shape index (κ1) is 18.8. The van der Waals surface area contributed by atoms with Gasteiger partial charge < -0.3 is 20.7 Å². The average molecular weight is 406 g/mol. The topological polar surface area (TPSA) is 84.7 Å². The van der Waals surface area contributed by atoms with Crippen LogP contribution in [0.25, 0.3) is 0 Å². The van der Waals surface area contributed by atoms with Crippen molar-refractivity contribution in [1.29, 1.82) is 0 Å². The number of nitrogens with one attached hydrogen (secondary N) is 1. The van der Waals surface area contributed by atoms with E-state index in [1.165, 1.54) is 0 Å². The molecule has 2 rings (SSSR count). The summed E-state index contributed by atoms with van der Waals surface area (Å²) in [7, 11) is 1.73. The second-order valence-corrected chi connectivity index (χ2v) is 6.32. The van der Waals surface area contributed by atoms with Gasteiger partial charge >= 0.3 is 6.03 Å². The Balaban J connectivity index is 1.87. The van der Waals surface area contributed by atoms with Crippen LogP contribution in [-0.2, 0) is 11.3 Å². The van der Waals surface area contributed by atoms with Gasteiger partial charge in [0.25, 0.3) is 0 Å². The zero-order valence-corrected chi connectivity index (χ0v) is 15.5. The summed E-state index contributed by atoms with van der Waals surface area (Å²) in [5, 5.41) is 2.82. The molecule has 0 spiro atoms. The molecule has 0 aliphatic carbocycles. The zero-order valence-electron chi connectivity index (χ0n) is 13.9. The average Bonchev–Trinajstić information content (AvgIpc) is 2.58. The summed E-state index contributed by atoms with van der Waals surface area (Å²) in [6.45, 7) is 0.720. The van der Waals surface area contributed by atoms with E-state index in [1.807, 2.05) is 24.3 Å². The van der Waals surface area contributed by atoms with Crippen molar-refractivity contribution < 1.29 is 14.3 Å². The van der Waals surface area contributed by atoms with Crippen LogP contribution in [0, 0.1) is 0 Å². The van der Waals surface area contributed by atoms with Gasteiger partial charge in [-0.3, -0.25) is 4.79 Å². The smallest absolute Gasteiger partial charge is 0.321 e. The number of hydrogen-bond donors (Lipinski definition) is 2. The lowest BCUT2D eigenvalue weighted by atomic mass is 10.2. The lowest BCUT2D eigenvalue weighted by molar-refractivity contribution is -0.118. The van der Waals surface area contributed by atoms with Gasteiger partial charge in [0, 0.05) is 23.8 Å². The van der Waals surface area contributed by atoms with Gasteiger partial charge in [-0.2, -0.15) is 0 Å². The summed E-state index contributed by atoms with van der Waals surface area (Å²) < 4.78 is 6.35. The van der Waals surface area contributed by atoms with Crippen LogP contribution in [-0.4, -0.2) is 30.5 Å². The number of amides is 3. The number of carbonyl (C=O) groups excluding carboxylic acids is 2. The Morgan fingerprint density at radius 1 is 1.16 bits per heavy atom. The van der Waals surface area contributed by atoms with Crippen molar-refractivity contribution in [3.8, 4) is 5.75 Å². The number of nitrogens with zero attached hydrogens (tertiary/aromatic N) is 1. The Hall–Kier alpha value is -2.54. The van der Waals surface area contributed by atoms with Crippen LogP contribution in [0.5, 0.6) is 5.75 Å². The highest BCUT2D eigenvalue weighted by Gasteiger charge is 2.11. The molecule has 6 nitrogen and oxygen atoms in total. The maximum atomic E-state index is 12.3. The fraction of sp³-hybridized carbons (Fsp3) is 0.222. The molecular formula is C18H20BrN3O3. The van der Waals surface area contributed by atoms with E-state index in [0.717, 1.165) is 10.0 Å². The summed E-state index contributed by atoms with van der Waals surface area (Å²) in [5.41, 5.74) is 6.74. The molecule has 0 aliphatic heterocycles. The minimum absolute atomic E-state index is 0.165. The minimum atomic E-state index is -0.406. The van der Waals surface area contributed by atoms with Gasteiger partial charge in [0.1, 0.15) is 5.75 Å². The number of halogens is 1. The molecule has 3 amide bonds. The number of carbonyl (C=O) groups is 2. The van der Waals surface area contributed by atoms with Crippen molar-refractivity contribution in [3.05, 3.63) is 58.6 Å². The first-order chi connectivity index (χ1) is 12.0. The Kier molecular flexibility index (Phi) is 6.82. The molecule has 0 bridgehead atoms. The lowest BCUT2D eigenvalue weighted by Gasteiger charge is -2.19. The minimum Gasteiger partial charge on any atom is -0.493 e. The van der Waals surface area contributed by atoms with Gasteiger partial charge in [0.05, 0.1) is 13.0 Å². The number of benzene rings is 2. The second kappa shape index (κ2) is 9.08. The van der Waals surface area contributed by atoms with Crippen molar-refractivity contribution in [2.45, 2.75) is 13.0 Å². The van der Waals surface area contributed by atoms with Gasteiger partial charge in [0.2, 0.25) is 5.91 Å². The second-order valence-electron chi connectivity index (χ2n) is 5.47. The molecule has 25 heavy (non-hydrogen) atoms. The van der Waals surface area contributed by atoms with Crippen LogP contribution < -0.4 is 15.8 Å². The highest BCUT2D eigenvalue weighted by Crippen LogP contribution is 2.19. The molecule has 0 fully saturated rings. The van der Waals surface area contributed by atoms with Crippen molar-refractivity contribution >= 4 is 33.6 Å². The number of nitrogens with two attached hydrogens (primary N) is 1. The normalized spacial score (nSPS) is 10.2. The molecule has 3 N–H and O–H groups in total. The van der Waals surface area contributed by atoms with Crippen LogP contribution in [0.3, 0.4) is 0 Å². The van der Waals surface area contributed by atoms with Crippen LogP contribution >= 0.6 is 15.9 Å². The van der Waals surface area contributed by atoms with Crippen LogP contribution in [0.4, 0.5) is 10.5 Å². The van der Waals surface area contributed by atoms with Crippen molar-refractivity contribution in [1.82, 2.24) is 4.90 Å². The third-order valence-corrected chi connectivity index (χ3v) is 4.21. The van der Waals surface area contributed by atoms with Gasteiger partial charge in [0.15, 0.2) is 0 Å². The van der Waals surface area contributed by atoms with E-state index in [1.54, 1.807) is 36.2 Å². The summed E-state index contributed by atoms with van der Waals surface area (Å²) in [6, 6.07) is 14.5. The monoisotopic (exact) mass is 405 g/mol. The molecule has 0 unspecified atom stereocenters. The Labute approximate surface area is 155 Å². The molecule has 2 aromatic carbocycles. The van der Waals surface area contributed by atoms with E-state index in [-0.39, 0.29) is 19.1 Å². The molecule has 0 atom stereocenters. The van der Waals surface area contributed by atoms with Crippen LogP contribution in [0.1, 0.15) is 12.0 Å². The van der Waals surface area contributed by atoms with E-state index >= 15 is 0 Å². The van der Waals surface area contributed by atoms with Crippen molar-refractivity contribution in [2.75, 3.05) is 19.0 Å². The fourth-order valence-corrected chi connectivity index (χ4v) is 2.49. The first-order valence-corrected chi connectivity index (χ1v) is 8.51. The number of hydrogen-bond acceptors (Lipinski definition) is 3. The first-order valence-electron chi connectivity index (χ1n) is 7.72. The number of ether oxygens (including phenoxy) is 1. The number of primary amides is 1. The number of urea groups is 1. The highest BCUT2D eigenvalue weighted by atomic mass is 79.9. The number of anilines is 1. The third kappa shape index (κ3) is 6.11. The summed E-state index contributed by atoms with van der Waals surface area (Å²) >= 11 is 3.48. The predicted octanol–water partition coefficient (Wildman–Crippen LogP) is 3.37. The zero-order chi connectivity index (χ0) is 18.2. The summed E-state index contributed by atoms with van der Waals surface area (Å²) in [5.74, 6) is 0.206. The lowest BCUT2D eigenvalue weighted by Crippen LogP contribution is -2.30. The predicted molar refractivity (Wildman–Crippen MR) is 100 cm³/mol. The largest absolute Gasteiger partial charge is 0.493 e. The molecule has 7 heteroatoms. The van der Waals surface area contributed by atoms with Crippen LogP contribution in [0.2, 0.25) is 0 Å². The highest BCUT2D eigenvalue weighted by molar-refractivity contribution is 9.10. The van der Waals surface area contributed by atoms with E-state index in [4.69, 9.17) is 10.5 Å². The van der Waals surface area contributed by atoms with Gasteiger partial charge in [-0.05, 0) is 35.9 Å². The van der Waals surface area contributed by atoms with Gasteiger partial charge in [-0.1, -0.05) is 34.1 Å². The third-order valence-electron chi connectivity index (χ3n) is 3.43. The summed E-state index contributed by atoms with van der Waals surface area (Å²) in [6.07, 6.45) is 0.165. The standard InChI is InChI=1S/C18H20BrN3O3/c1-22(12-13-4-2-3-5-16(13)19)18(24)21-14-6-8-15(9-7-14)25-11-10-17(20)23/h2-9H,10-12H2,1H3,(H2,20,23)(H,21,24). The molecule has 0 saturated carbocycles. The Morgan fingerprint density at radius 2 is 1.84 bits per heavy atom. The van der Waals surface area contributed by atoms with Crippen molar-refractivity contribution in [2.24, 2.45) is 5.73 Å². The molecule has 0 saturated heterocycles. The molecule has 0 aromatic heterocycles. The maximum Gasteiger partial charge on any atom is 0.321 e. The molecule has 0 radical (unpaired) electrons. The van der Waals surface area contributed by atoms with Crippen LogP contribution in [0.15, 0.2) is 53.0 Å².